The first kappa shape index (κ1) is 8.63. The molecule has 0 radical (unpaired) electrons. The SMILES string of the molecule is Fc1ccc(CNC2CC2)c(F)c1. The molecule has 1 aromatic rings. The van der Waals surface area contributed by atoms with Gasteiger partial charge in [-0.3, -0.25) is 0 Å². The van der Waals surface area contributed by atoms with Gasteiger partial charge in [-0.25, -0.2) is 8.78 Å². The molecule has 0 atom stereocenters. The Morgan fingerprint density at radius 2 is 2.08 bits per heavy atom. The molecule has 0 amide bonds. The van der Waals surface area contributed by atoms with E-state index in [1.54, 1.807) is 0 Å². The third kappa shape index (κ3) is 2.25. The summed E-state index contributed by atoms with van der Waals surface area (Å²) in [5.74, 6) is -0.985. The molecule has 0 heterocycles. The maximum Gasteiger partial charge on any atom is 0.130 e. The van der Waals surface area contributed by atoms with Gasteiger partial charge in [-0.2, -0.15) is 0 Å². The van der Waals surface area contributed by atoms with E-state index in [0.717, 1.165) is 6.07 Å². The fraction of sp³-hybridized carbons (Fsp3) is 0.400. The Morgan fingerprint density at radius 1 is 1.31 bits per heavy atom. The summed E-state index contributed by atoms with van der Waals surface area (Å²) in [6.45, 7) is 0.497. The van der Waals surface area contributed by atoms with E-state index in [9.17, 15) is 8.78 Å². The van der Waals surface area contributed by atoms with Gasteiger partial charge in [0.1, 0.15) is 11.6 Å². The fourth-order valence-electron chi connectivity index (χ4n) is 1.21. The molecule has 0 unspecified atom stereocenters. The van der Waals surface area contributed by atoms with E-state index in [-0.39, 0.29) is 0 Å². The van der Waals surface area contributed by atoms with E-state index in [2.05, 4.69) is 5.32 Å². The van der Waals surface area contributed by atoms with Crippen molar-refractivity contribution >= 4 is 0 Å². The lowest BCUT2D eigenvalue weighted by Gasteiger charge is -2.03. The Balaban J connectivity index is 2.01. The number of rotatable bonds is 3. The van der Waals surface area contributed by atoms with E-state index in [1.807, 2.05) is 0 Å². The molecule has 70 valence electrons. The molecular formula is C10H11F2N. The Labute approximate surface area is 75.8 Å². The molecule has 1 saturated carbocycles. The molecule has 0 saturated heterocycles. The standard InChI is InChI=1S/C10H11F2N/c11-8-2-1-7(10(12)5-8)6-13-9-3-4-9/h1-2,5,9,13H,3-4,6H2. The summed E-state index contributed by atoms with van der Waals surface area (Å²) in [4.78, 5) is 0. The van der Waals surface area contributed by atoms with Crippen LogP contribution in [0.1, 0.15) is 18.4 Å². The van der Waals surface area contributed by atoms with Crippen molar-refractivity contribution in [3.8, 4) is 0 Å². The molecule has 1 N–H and O–H groups in total. The number of halogens is 2. The highest BCUT2D eigenvalue weighted by Gasteiger charge is 2.20. The van der Waals surface area contributed by atoms with Crippen molar-refractivity contribution < 1.29 is 8.78 Å². The van der Waals surface area contributed by atoms with Crippen molar-refractivity contribution in [3.05, 3.63) is 35.4 Å². The molecular weight excluding hydrogens is 172 g/mol. The zero-order valence-electron chi connectivity index (χ0n) is 7.19. The minimum absolute atomic E-state index is 0.465. The molecule has 1 aliphatic rings. The predicted molar refractivity (Wildman–Crippen MR) is 46.2 cm³/mol. The van der Waals surface area contributed by atoms with E-state index >= 15 is 0 Å². The van der Waals surface area contributed by atoms with Gasteiger partial charge in [-0.1, -0.05) is 6.07 Å². The van der Waals surface area contributed by atoms with Crippen LogP contribution < -0.4 is 5.32 Å². The highest BCUT2D eigenvalue weighted by Crippen LogP contribution is 2.19. The van der Waals surface area contributed by atoms with Gasteiger partial charge >= 0.3 is 0 Å². The molecule has 1 nitrogen and oxygen atoms in total. The molecule has 0 spiro atoms. The second-order valence-corrected chi connectivity index (χ2v) is 3.39. The molecule has 1 fully saturated rings. The largest absolute Gasteiger partial charge is 0.310 e. The smallest absolute Gasteiger partial charge is 0.130 e. The molecule has 0 bridgehead atoms. The minimum atomic E-state index is -0.521. The first-order valence-corrected chi connectivity index (χ1v) is 4.43. The van der Waals surface area contributed by atoms with Gasteiger partial charge in [0.05, 0.1) is 0 Å². The fourth-order valence-corrected chi connectivity index (χ4v) is 1.21. The van der Waals surface area contributed by atoms with Crippen LogP contribution in [0.2, 0.25) is 0 Å². The molecule has 2 rings (SSSR count). The van der Waals surface area contributed by atoms with Crippen molar-refractivity contribution in [2.75, 3.05) is 0 Å². The number of nitrogens with one attached hydrogen (secondary N) is 1. The van der Waals surface area contributed by atoms with E-state index in [0.29, 0.717) is 18.2 Å². The Morgan fingerprint density at radius 3 is 2.69 bits per heavy atom. The lowest BCUT2D eigenvalue weighted by atomic mass is 10.2. The third-order valence-corrected chi connectivity index (χ3v) is 2.17. The summed E-state index contributed by atoms with van der Waals surface area (Å²) in [6, 6.07) is 4.24. The zero-order chi connectivity index (χ0) is 9.26. The van der Waals surface area contributed by atoms with Crippen LogP contribution in [0.3, 0.4) is 0 Å². The molecule has 0 aliphatic heterocycles. The number of hydrogen-bond donors (Lipinski definition) is 1. The second-order valence-electron chi connectivity index (χ2n) is 3.39. The lowest BCUT2D eigenvalue weighted by Crippen LogP contribution is -2.16. The van der Waals surface area contributed by atoms with Crippen LogP contribution in [0.25, 0.3) is 0 Å². The van der Waals surface area contributed by atoms with Gasteiger partial charge in [-0.15, -0.1) is 0 Å². The highest BCUT2D eigenvalue weighted by molar-refractivity contribution is 5.18. The lowest BCUT2D eigenvalue weighted by molar-refractivity contribution is 0.559. The molecule has 1 aliphatic carbocycles. The number of hydrogen-bond acceptors (Lipinski definition) is 1. The molecule has 13 heavy (non-hydrogen) atoms. The number of benzene rings is 1. The average molecular weight is 183 g/mol. The van der Waals surface area contributed by atoms with Crippen molar-refractivity contribution in [1.82, 2.24) is 5.32 Å². The van der Waals surface area contributed by atoms with Crippen LogP contribution >= 0.6 is 0 Å². The third-order valence-electron chi connectivity index (χ3n) is 2.17. The minimum Gasteiger partial charge on any atom is -0.310 e. The van der Waals surface area contributed by atoms with Crippen molar-refractivity contribution in [2.45, 2.75) is 25.4 Å². The van der Waals surface area contributed by atoms with Gasteiger partial charge in [0.15, 0.2) is 0 Å². The second kappa shape index (κ2) is 3.42. The van der Waals surface area contributed by atoms with Crippen LogP contribution in [-0.2, 0) is 6.54 Å². The van der Waals surface area contributed by atoms with Gasteiger partial charge in [0, 0.05) is 24.2 Å². The topological polar surface area (TPSA) is 12.0 Å². The van der Waals surface area contributed by atoms with E-state index in [4.69, 9.17) is 0 Å². The normalized spacial score (nSPS) is 16.2. The predicted octanol–water partition coefficient (Wildman–Crippen LogP) is 2.22. The van der Waals surface area contributed by atoms with Gasteiger partial charge in [0.2, 0.25) is 0 Å². The summed E-state index contributed by atoms with van der Waals surface area (Å²) in [5, 5.41) is 3.17. The Bertz CT molecular complexity index is 308. The van der Waals surface area contributed by atoms with Crippen molar-refractivity contribution in [1.29, 1.82) is 0 Å². The van der Waals surface area contributed by atoms with Crippen LogP contribution in [0.5, 0.6) is 0 Å². The first-order chi connectivity index (χ1) is 6.25. The molecule has 1 aromatic carbocycles. The first-order valence-electron chi connectivity index (χ1n) is 4.43. The van der Waals surface area contributed by atoms with Crippen LogP contribution in [0, 0.1) is 11.6 Å². The molecule has 3 heteroatoms. The van der Waals surface area contributed by atoms with Crippen LogP contribution in [-0.4, -0.2) is 6.04 Å². The van der Waals surface area contributed by atoms with Gasteiger partial charge < -0.3 is 5.32 Å². The Kier molecular flexibility index (Phi) is 2.27. The van der Waals surface area contributed by atoms with E-state index < -0.39 is 11.6 Å². The average Bonchev–Trinajstić information content (AvgIpc) is 2.86. The summed E-state index contributed by atoms with van der Waals surface area (Å²) in [7, 11) is 0. The quantitative estimate of drug-likeness (QED) is 0.757. The van der Waals surface area contributed by atoms with Crippen molar-refractivity contribution in [2.24, 2.45) is 0 Å². The summed E-state index contributed by atoms with van der Waals surface area (Å²) >= 11 is 0. The summed E-state index contributed by atoms with van der Waals surface area (Å²) in [6.07, 6.45) is 2.34. The molecule has 0 aromatic heterocycles. The van der Waals surface area contributed by atoms with Gasteiger partial charge in [-0.05, 0) is 18.9 Å². The van der Waals surface area contributed by atoms with Crippen molar-refractivity contribution in [3.63, 3.8) is 0 Å². The Hall–Kier alpha value is -0.960. The summed E-state index contributed by atoms with van der Waals surface area (Å²) in [5.41, 5.74) is 0.535. The zero-order valence-corrected chi connectivity index (χ0v) is 7.19. The maximum atomic E-state index is 13.0. The van der Waals surface area contributed by atoms with E-state index in [1.165, 1.54) is 25.0 Å². The van der Waals surface area contributed by atoms with Crippen LogP contribution in [0.4, 0.5) is 8.78 Å². The maximum absolute atomic E-state index is 13.0. The summed E-state index contributed by atoms with van der Waals surface area (Å²) < 4.78 is 25.5. The highest BCUT2D eigenvalue weighted by atomic mass is 19.1. The monoisotopic (exact) mass is 183 g/mol. The van der Waals surface area contributed by atoms with Gasteiger partial charge in [0.25, 0.3) is 0 Å². The van der Waals surface area contributed by atoms with Crippen LogP contribution in [0.15, 0.2) is 18.2 Å².